The van der Waals surface area contributed by atoms with Crippen LogP contribution in [-0.2, 0) is 6.42 Å². The number of nitrogens with zero attached hydrogens (tertiary/aromatic N) is 1. The van der Waals surface area contributed by atoms with Gasteiger partial charge >= 0.3 is 0 Å². The second-order valence-electron chi connectivity index (χ2n) is 6.68. The number of methoxy groups -OCH3 is 1. The lowest BCUT2D eigenvalue weighted by Gasteiger charge is -2.15. The average molecular weight is 343 g/mol. The Morgan fingerprint density at radius 3 is 2.77 bits per heavy atom. The summed E-state index contributed by atoms with van der Waals surface area (Å²) in [5.74, 6) is 2.12. The molecule has 2 radical (unpaired) electrons. The molecule has 0 spiro atoms. The Balaban J connectivity index is 1.80. The molecule has 130 valence electrons. The van der Waals surface area contributed by atoms with Crippen molar-refractivity contribution in [2.75, 3.05) is 12.4 Å². The van der Waals surface area contributed by atoms with E-state index in [1.165, 1.54) is 22.3 Å². The molecule has 0 saturated heterocycles. The maximum atomic E-state index is 5.90. The minimum atomic E-state index is 0.318. The van der Waals surface area contributed by atoms with E-state index in [1.807, 2.05) is 24.3 Å². The SMILES string of the molecule is [B]c1cccc(Nc2n[nH]c3c2[C@@H](CC)c2cc(CC)c(OC)cc2-3)c1. The van der Waals surface area contributed by atoms with Crippen molar-refractivity contribution < 1.29 is 4.74 Å². The Kier molecular flexibility index (Phi) is 4.23. The van der Waals surface area contributed by atoms with E-state index in [0.29, 0.717) is 5.92 Å². The summed E-state index contributed by atoms with van der Waals surface area (Å²) in [5.41, 5.74) is 7.76. The quantitative estimate of drug-likeness (QED) is 0.688. The zero-order valence-electron chi connectivity index (χ0n) is 15.4. The molecule has 1 aliphatic rings. The van der Waals surface area contributed by atoms with Gasteiger partial charge in [0, 0.05) is 22.7 Å². The van der Waals surface area contributed by atoms with Gasteiger partial charge in [-0.15, -0.1) is 0 Å². The fraction of sp³-hybridized carbons (Fsp3) is 0.286. The Morgan fingerprint density at radius 2 is 2.08 bits per heavy atom. The van der Waals surface area contributed by atoms with E-state index in [0.717, 1.165) is 41.3 Å². The molecule has 1 aromatic heterocycles. The summed E-state index contributed by atoms with van der Waals surface area (Å²) in [5, 5.41) is 11.2. The van der Waals surface area contributed by atoms with Crippen LogP contribution in [0.15, 0.2) is 36.4 Å². The summed E-state index contributed by atoms with van der Waals surface area (Å²) < 4.78 is 5.60. The smallest absolute Gasteiger partial charge is 0.156 e. The zero-order chi connectivity index (χ0) is 18.3. The highest BCUT2D eigenvalue weighted by atomic mass is 16.5. The molecule has 0 bridgehead atoms. The van der Waals surface area contributed by atoms with Gasteiger partial charge in [0.25, 0.3) is 0 Å². The van der Waals surface area contributed by atoms with E-state index in [9.17, 15) is 0 Å². The normalized spacial score (nSPS) is 14.8. The van der Waals surface area contributed by atoms with E-state index in [-0.39, 0.29) is 0 Å². The minimum Gasteiger partial charge on any atom is -0.496 e. The van der Waals surface area contributed by atoms with E-state index in [1.54, 1.807) is 7.11 Å². The number of ether oxygens (including phenoxy) is 1. The molecule has 1 aliphatic carbocycles. The highest BCUT2D eigenvalue weighted by Gasteiger charge is 2.33. The number of aromatic nitrogens is 2. The fourth-order valence-electron chi connectivity index (χ4n) is 3.94. The highest BCUT2D eigenvalue weighted by Crippen LogP contribution is 2.50. The summed E-state index contributed by atoms with van der Waals surface area (Å²) in [6, 6.07) is 12.2. The van der Waals surface area contributed by atoms with Crippen molar-refractivity contribution in [3.05, 3.63) is 53.1 Å². The van der Waals surface area contributed by atoms with E-state index in [2.05, 4.69) is 41.5 Å². The Morgan fingerprint density at radius 1 is 1.23 bits per heavy atom. The van der Waals surface area contributed by atoms with Crippen molar-refractivity contribution in [3.8, 4) is 17.0 Å². The number of hydrogen-bond acceptors (Lipinski definition) is 3. The number of aryl methyl sites for hydroxylation is 1. The monoisotopic (exact) mass is 343 g/mol. The number of rotatable bonds is 5. The predicted octanol–water partition coefficient (Wildman–Crippen LogP) is 4.04. The maximum Gasteiger partial charge on any atom is 0.156 e. The van der Waals surface area contributed by atoms with Crippen LogP contribution in [0.1, 0.15) is 42.9 Å². The van der Waals surface area contributed by atoms with Crippen LogP contribution >= 0.6 is 0 Å². The third kappa shape index (κ3) is 2.59. The average Bonchev–Trinajstić information content (AvgIpc) is 3.18. The molecule has 0 unspecified atom stereocenters. The zero-order valence-corrected chi connectivity index (χ0v) is 15.4. The molecular weight excluding hydrogens is 321 g/mol. The van der Waals surface area contributed by atoms with Crippen molar-refractivity contribution >= 4 is 24.8 Å². The van der Waals surface area contributed by atoms with Gasteiger partial charge in [-0.1, -0.05) is 37.5 Å². The second-order valence-corrected chi connectivity index (χ2v) is 6.68. The molecule has 0 saturated carbocycles. The molecule has 0 aliphatic heterocycles. The third-order valence-corrected chi connectivity index (χ3v) is 5.19. The van der Waals surface area contributed by atoms with Gasteiger partial charge in [-0.3, -0.25) is 5.10 Å². The molecule has 4 nitrogen and oxygen atoms in total. The number of fused-ring (bicyclic) bond motifs is 3. The lowest BCUT2D eigenvalue weighted by atomic mass is 9.92. The Labute approximate surface area is 155 Å². The third-order valence-electron chi connectivity index (χ3n) is 5.19. The van der Waals surface area contributed by atoms with Gasteiger partial charge in [-0.25, -0.2) is 0 Å². The minimum absolute atomic E-state index is 0.318. The van der Waals surface area contributed by atoms with Crippen molar-refractivity contribution in [1.82, 2.24) is 10.2 Å². The molecule has 1 atom stereocenters. The van der Waals surface area contributed by atoms with Crippen molar-refractivity contribution in [2.24, 2.45) is 0 Å². The lowest BCUT2D eigenvalue weighted by molar-refractivity contribution is 0.410. The lowest BCUT2D eigenvalue weighted by Crippen LogP contribution is -2.04. The van der Waals surface area contributed by atoms with Crippen LogP contribution in [0, 0.1) is 0 Å². The van der Waals surface area contributed by atoms with Crippen molar-refractivity contribution in [3.63, 3.8) is 0 Å². The molecule has 26 heavy (non-hydrogen) atoms. The number of anilines is 2. The summed E-state index contributed by atoms with van der Waals surface area (Å²) in [6.07, 6.45) is 1.97. The Bertz CT molecular complexity index is 964. The molecule has 0 fully saturated rings. The van der Waals surface area contributed by atoms with Crippen LogP contribution in [0.3, 0.4) is 0 Å². The van der Waals surface area contributed by atoms with Crippen LogP contribution in [-0.4, -0.2) is 25.2 Å². The number of aromatic amines is 1. The number of H-pyrrole nitrogens is 1. The molecule has 4 rings (SSSR count). The summed E-state index contributed by atoms with van der Waals surface area (Å²) in [6.45, 7) is 4.38. The van der Waals surface area contributed by atoms with Gasteiger partial charge in [0.2, 0.25) is 0 Å². The van der Waals surface area contributed by atoms with Crippen LogP contribution in [0.25, 0.3) is 11.3 Å². The van der Waals surface area contributed by atoms with Crippen LogP contribution in [0.2, 0.25) is 0 Å². The van der Waals surface area contributed by atoms with E-state index in [4.69, 9.17) is 12.6 Å². The van der Waals surface area contributed by atoms with Gasteiger partial charge in [0.05, 0.1) is 12.8 Å². The largest absolute Gasteiger partial charge is 0.496 e. The van der Waals surface area contributed by atoms with Crippen LogP contribution in [0.5, 0.6) is 5.75 Å². The van der Waals surface area contributed by atoms with E-state index < -0.39 is 0 Å². The molecule has 3 aromatic rings. The number of nitrogens with one attached hydrogen (secondary N) is 2. The number of benzene rings is 2. The highest BCUT2D eigenvalue weighted by molar-refractivity contribution is 6.32. The first kappa shape index (κ1) is 16.8. The standard InChI is InChI=1S/C21H22BN3O/c1-4-12-9-16-15(5-2)19-20(17(16)11-18(12)26-3)24-25-21(19)23-14-8-6-7-13(22)10-14/h6-11,15H,4-5H2,1-3H3,(H2,23,24,25)/t15-/m0/s1. The molecule has 0 amide bonds. The van der Waals surface area contributed by atoms with Crippen molar-refractivity contribution in [2.45, 2.75) is 32.6 Å². The van der Waals surface area contributed by atoms with Gasteiger partial charge in [0.1, 0.15) is 13.6 Å². The molecule has 1 heterocycles. The molecule has 2 aromatic carbocycles. The molecule has 2 N–H and O–H groups in total. The first-order valence-corrected chi connectivity index (χ1v) is 9.08. The summed E-state index contributed by atoms with van der Waals surface area (Å²) in [7, 11) is 7.63. The second kappa shape index (κ2) is 6.56. The first-order chi connectivity index (χ1) is 12.7. The Hall–Kier alpha value is -2.69. The predicted molar refractivity (Wildman–Crippen MR) is 107 cm³/mol. The van der Waals surface area contributed by atoms with Gasteiger partial charge in [0.15, 0.2) is 5.82 Å². The topological polar surface area (TPSA) is 49.9 Å². The maximum absolute atomic E-state index is 5.90. The summed E-state index contributed by atoms with van der Waals surface area (Å²) >= 11 is 0. The van der Waals surface area contributed by atoms with Gasteiger partial charge in [-0.2, -0.15) is 5.10 Å². The first-order valence-electron chi connectivity index (χ1n) is 9.08. The summed E-state index contributed by atoms with van der Waals surface area (Å²) in [4.78, 5) is 0. The van der Waals surface area contributed by atoms with Crippen molar-refractivity contribution in [1.29, 1.82) is 0 Å². The van der Waals surface area contributed by atoms with Crippen LogP contribution < -0.4 is 15.5 Å². The number of hydrogen-bond donors (Lipinski definition) is 2. The molecular formula is C21H22BN3O. The molecule has 5 heteroatoms. The fourth-order valence-corrected chi connectivity index (χ4v) is 3.94. The van der Waals surface area contributed by atoms with E-state index >= 15 is 0 Å². The van der Waals surface area contributed by atoms with Crippen LogP contribution in [0.4, 0.5) is 11.5 Å². The van der Waals surface area contributed by atoms with Gasteiger partial charge < -0.3 is 10.1 Å². The van der Waals surface area contributed by atoms with Gasteiger partial charge in [-0.05, 0) is 42.2 Å².